The largest absolute Gasteiger partial charge is 0.249 e. The summed E-state index contributed by atoms with van der Waals surface area (Å²) < 4.78 is 1.97. The Balaban J connectivity index is 2.79. The molecule has 0 radical (unpaired) electrons. The van der Waals surface area contributed by atoms with Crippen molar-refractivity contribution in [2.45, 2.75) is 58.9 Å². The maximum Gasteiger partial charge on any atom is 0.100 e. The summed E-state index contributed by atoms with van der Waals surface area (Å²) in [5, 5.41) is 17.0. The molecule has 1 heterocycles. The third-order valence-electron chi connectivity index (χ3n) is 2.61. The van der Waals surface area contributed by atoms with Gasteiger partial charge in [0, 0.05) is 6.54 Å². The Morgan fingerprint density at radius 1 is 1.38 bits per heavy atom. The van der Waals surface area contributed by atoms with Crippen LogP contribution in [0.25, 0.3) is 0 Å². The SMILES string of the molecule is CCCCCn1nnc(CC#N)c1C(C)C. The van der Waals surface area contributed by atoms with Crippen LogP contribution in [0.1, 0.15) is 57.3 Å². The van der Waals surface area contributed by atoms with E-state index in [1.807, 2.05) is 4.68 Å². The highest BCUT2D eigenvalue weighted by atomic mass is 15.4. The number of nitriles is 1. The van der Waals surface area contributed by atoms with Gasteiger partial charge in [-0.1, -0.05) is 38.8 Å². The summed E-state index contributed by atoms with van der Waals surface area (Å²) in [5.74, 6) is 0.375. The fourth-order valence-corrected chi connectivity index (χ4v) is 1.87. The van der Waals surface area contributed by atoms with Crippen LogP contribution in [0, 0.1) is 11.3 Å². The first kappa shape index (κ1) is 12.7. The van der Waals surface area contributed by atoms with Gasteiger partial charge in [-0.05, 0) is 12.3 Å². The molecular weight excluding hydrogens is 200 g/mol. The van der Waals surface area contributed by atoms with Crippen molar-refractivity contribution in [3.05, 3.63) is 11.4 Å². The van der Waals surface area contributed by atoms with Crippen LogP contribution >= 0.6 is 0 Å². The number of nitrogens with zero attached hydrogens (tertiary/aromatic N) is 4. The van der Waals surface area contributed by atoms with E-state index in [4.69, 9.17) is 5.26 Å². The molecular formula is C12H20N4. The molecule has 4 heteroatoms. The van der Waals surface area contributed by atoms with Gasteiger partial charge in [0.2, 0.25) is 0 Å². The Labute approximate surface area is 97.3 Å². The minimum Gasteiger partial charge on any atom is -0.249 e. The normalized spacial score (nSPS) is 10.7. The first-order valence-corrected chi connectivity index (χ1v) is 5.99. The second-order valence-electron chi connectivity index (χ2n) is 4.34. The van der Waals surface area contributed by atoms with Crippen molar-refractivity contribution in [1.82, 2.24) is 15.0 Å². The van der Waals surface area contributed by atoms with Crippen molar-refractivity contribution in [1.29, 1.82) is 5.26 Å². The van der Waals surface area contributed by atoms with Gasteiger partial charge in [0.1, 0.15) is 5.69 Å². The minimum atomic E-state index is 0.362. The third-order valence-corrected chi connectivity index (χ3v) is 2.61. The molecule has 0 saturated heterocycles. The second-order valence-corrected chi connectivity index (χ2v) is 4.34. The first-order valence-electron chi connectivity index (χ1n) is 5.99. The van der Waals surface area contributed by atoms with Gasteiger partial charge in [-0.2, -0.15) is 5.26 Å². The van der Waals surface area contributed by atoms with Crippen LogP contribution in [0.4, 0.5) is 0 Å². The molecule has 16 heavy (non-hydrogen) atoms. The Hall–Kier alpha value is -1.37. The molecule has 0 aliphatic carbocycles. The van der Waals surface area contributed by atoms with E-state index in [0.29, 0.717) is 12.3 Å². The summed E-state index contributed by atoms with van der Waals surface area (Å²) in [6.07, 6.45) is 3.91. The van der Waals surface area contributed by atoms with E-state index < -0.39 is 0 Å². The molecule has 0 N–H and O–H groups in total. The van der Waals surface area contributed by atoms with Crippen molar-refractivity contribution in [2.24, 2.45) is 0 Å². The highest BCUT2D eigenvalue weighted by molar-refractivity contribution is 5.17. The lowest BCUT2D eigenvalue weighted by Gasteiger charge is -2.09. The Morgan fingerprint density at radius 2 is 2.12 bits per heavy atom. The fourth-order valence-electron chi connectivity index (χ4n) is 1.87. The maximum atomic E-state index is 8.72. The number of unbranched alkanes of at least 4 members (excludes halogenated alkanes) is 2. The average molecular weight is 220 g/mol. The molecule has 1 rings (SSSR count). The molecule has 88 valence electrons. The van der Waals surface area contributed by atoms with Crippen LogP contribution in [0.5, 0.6) is 0 Å². The van der Waals surface area contributed by atoms with Gasteiger partial charge in [0.05, 0.1) is 18.2 Å². The van der Waals surface area contributed by atoms with Gasteiger partial charge in [-0.15, -0.1) is 5.10 Å². The van der Waals surface area contributed by atoms with E-state index in [1.165, 1.54) is 12.8 Å². The Kier molecular flexibility index (Phi) is 4.97. The summed E-state index contributed by atoms with van der Waals surface area (Å²) in [7, 11) is 0. The number of aromatic nitrogens is 3. The standard InChI is InChI=1S/C12H20N4/c1-4-5-6-9-16-12(10(2)3)11(7-8-13)14-15-16/h10H,4-7,9H2,1-3H3. The minimum absolute atomic E-state index is 0.362. The summed E-state index contributed by atoms with van der Waals surface area (Å²) in [5.41, 5.74) is 1.96. The Bertz CT molecular complexity index is 360. The quantitative estimate of drug-likeness (QED) is 0.692. The van der Waals surface area contributed by atoms with E-state index in [0.717, 1.165) is 24.4 Å². The lowest BCUT2D eigenvalue weighted by molar-refractivity contribution is 0.510. The predicted octanol–water partition coefficient (Wildman–Crippen LogP) is 2.66. The highest BCUT2D eigenvalue weighted by Gasteiger charge is 2.15. The molecule has 0 aromatic carbocycles. The molecule has 0 unspecified atom stereocenters. The van der Waals surface area contributed by atoms with Crippen molar-refractivity contribution in [3.63, 3.8) is 0 Å². The zero-order valence-corrected chi connectivity index (χ0v) is 10.4. The molecule has 0 aliphatic rings. The summed E-state index contributed by atoms with van der Waals surface area (Å²) in [6, 6.07) is 2.14. The number of aryl methyl sites for hydroxylation is 1. The lowest BCUT2D eigenvalue weighted by Crippen LogP contribution is -2.08. The summed E-state index contributed by atoms with van der Waals surface area (Å²) in [4.78, 5) is 0. The van der Waals surface area contributed by atoms with E-state index in [-0.39, 0.29) is 0 Å². The zero-order chi connectivity index (χ0) is 12.0. The van der Waals surface area contributed by atoms with Gasteiger partial charge in [-0.25, -0.2) is 4.68 Å². The van der Waals surface area contributed by atoms with Crippen LogP contribution in [0.2, 0.25) is 0 Å². The molecule has 1 aromatic rings. The van der Waals surface area contributed by atoms with Crippen molar-refractivity contribution in [3.8, 4) is 6.07 Å². The number of hydrogen-bond acceptors (Lipinski definition) is 3. The highest BCUT2D eigenvalue weighted by Crippen LogP contribution is 2.18. The molecule has 0 amide bonds. The van der Waals surface area contributed by atoms with Crippen LogP contribution < -0.4 is 0 Å². The molecule has 1 aromatic heterocycles. The van der Waals surface area contributed by atoms with Gasteiger partial charge in [0.25, 0.3) is 0 Å². The van der Waals surface area contributed by atoms with Crippen LogP contribution in [0.15, 0.2) is 0 Å². The molecule has 4 nitrogen and oxygen atoms in total. The topological polar surface area (TPSA) is 54.5 Å². The number of hydrogen-bond donors (Lipinski definition) is 0. The van der Waals surface area contributed by atoms with Crippen molar-refractivity contribution in [2.75, 3.05) is 0 Å². The van der Waals surface area contributed by atoms with Gasteiger partial charge >= 0.3 is 0 Å². The smallest absolute Gasteiger partial charge is 0.100 e. The van der Waals surface area contributed by atoms with Crippen LogP contribution in [-0.4, -0.2) is 15.0 Å². The first-order chi connectivity index (χ1) is 7.70. The molecule has 0 aliphatic heterocycles. The molecule has 0 fully saturated rings. The monoisotopic (exact) mass is 220 g/mol. The second kappa shape index (κ2) is 6.26. The van der Waals surface area contributed by atoms with Gasteiger partial charge in [-0.3, -0.25) is 0 Å². The predicted molar refractivity (Wildman–Crippen MR) is 63.0 cm³/mol. The third kappa shape index (κ3) is 3.06. The van der Waals surface area contributed by atoms with E-state index in [9.17, 15) is 0 Å². The summed E-state index contributed by atoms with van der Waals surface area (Å²) >= 11 is 0. The Morgan fingerprint density at radius 3 is 2.69 bits per heavy atom. The molecule has 0 saturated carbocycles. The fraction of sp³-hybridized carbons (Fsp3) is 0.750. The molecule has 0 spiro atoms. The summed E-state index contributed by atoms with van der Waals surface area (Å²) in [6.45, 7) is 7.34. The van der Waals surface area contributed by atoms with Crippen LogP contribution in [0.3, 0.4) is 0 Å². The average Bonchev–Trinajstić information content (AvgIpc) is 2.62. The van der Waals surface area contributed by atoms with Crippen LogP contribution in [-0.2, 0) is 13.0 Å². The van der Waals surface area contributed by atoms with E-state index >= 15 is 0 Å². The number of rotatable bonds is 6. The van der Waals surface area contributed by atoms with E-state index in [2.05, 4.69) is 37.2 Å². The maximum absolute atomic E-state index is 8.72. The van der Waals surface area contributed by atoms with Gasteiger partial charge in [0.15, 0.2) is 0 Å². The lowest BCUT2D eigenvalue weighted by atomic mass is 10.1. The molecule has 0 bridgehead atoms. The zero-order valence-electron chi connectivity index (χ0n) is 10.4. The van der Waals surface area contributed by atoms with Gasteiger partial charge < -0.3 is 0 Å². The van der Waals surface area contributed by atoms with Crippen molar-refractivity contribution < 1.29 is 0 Å². The molecule has 0 atom stereocenters. The van der Waals surface area contributed by atoms with E-state index in [1.54, 1.807) is 0 Å². The van der Waals surface area contributed by atoms with Crippen molar-refractivity contribution >= 4 is 0 Å².